The first-order chi connectivity index (χ1) is 13.4. The molecule has 0 aromatic heterocycles. The van der Waals surface area contributed by atoms with Crippen LogP contribution in [0.25, 0.3) is 0 Å². The van der Waals surface area contributed by atoms with Crippen LogP contribution in [-0.4, -0.2) is 94.1 Å². The molecule has 0 radical (unpaired) electrons. The minimum Gasteiger partial charge on any atom is -0.379 e. The highest BCUT2D eigenvalue weighted by Gasteiger charge is 2.32. The first-order valence-electron chi connectivity index (χ1n) is 9.16. The molecule has 0 bridgehead atoms. The van der Waals surface area contributed by atoms with Gasteiger partial charge in [-0.3, -0.25) is 4.90 Å². The number of hydrogen-bond donors (Lipinski definition) is 1. The van der Waals surface area contributed by atoms with Crippen molar-refractivity contribution in [3.63, 3.8) is 0 Å². The Balaban J connectivity index is 1.50. The third-order valence-electron chi connectivity index (χ3n) is 4.85. The number of hydrogen-bond acceptors (Lipinski definition) is 5. The monoisotopic (exact) mass is 450 g/mol. The van der Waals surface area contributed by atoms with Crippen molar-refractivity contribution in [1.82, 2.24) is 19.4 Å². The summed E-state index contributed by atoms with van der Waals surface area (Å²) in [6.07, 6.45) is 0. The van der Waals surface area contributed by atoms with Gasteiger partial charge in [-0.1, -0.05) is 29.3 Å². The highest BCUT2D eigenvalue weighted by atomic mass is 35.5. The molecule has 0 atom stereocenters. The molecular weight excluding hydrogens is 427 g/mol. The molecule has 2 saturated heterocycles. The molecule has 0 spiro atoms. The zero-order valence-corrected chi connectivity index (χ0v) is 17.8. The van der Waals surface area contributed by atoms with Gasteiger partial charge in [0.25, 0.3) is 0 Å². The van der Waals surface area contributed by atoms with Gasteiger partial charge in [-0.05, 0) is 12.1 Å². The minimum atomic E-state index is -3.81. The van der Waals surface area contributed by atoms with Crippen molar-refractivity contribution >= 4 is 39.3 Å². The van der Waals surface area contributed by atoms with E-state index in [-0.39, 0.29) is 34.1 Å². The highest BCUT2D eigenvalue weighted by Crippen LogP contribution is 2.31. The van der Waals surface area contributed by atoms with Gasteiger partial charge in [-0.2, -0.15) is 4.31 Å². The predicted molar refractivity (Wildman–Crippen MR) is 107 cm³/mol. The van der Waals surface area contributed by atoms with E-state index in [1.165, 1.54) is 16.4 Å². The van der Waals surface area contributed by atoms with E-state index in [1.807, 2.05) is 0 Å². The van der Waals surface area contributed by atoms with Crippen LogP contribution in [0.5, 0.6) is 0 Å². The largest absolute Gasteiger partial charge is 0.379 e. The number of morpholine rings is 1. The maximum absolute atomic E-state index is 12.9. The van der Waals surface area contributed by atoms with Crippen LogP contribution in [0.3, 0.4) is 0 Å². The fraction of sp³-hybridized carbons (Fsp3) is 0.588. The highest BCUT2D eigenvalue weighted by molar-refractivity contribution is 7.89. The molecule has 28 heavy (non-hydrogen) atoms. The van der Waals surface area contributed by atoms with Crippen LogP contribution in [0.2, 0.25) is 10.0 Å². The van der Waals surface area contributed by atoms with E-state index >= 15 is 0 Å². The fourth-order valence-corrected chi connectivity index (χ4v) is 5.76. The third-order valence-corrected chi connectivity index (χ3v) is 7.71. The second-order valence-corrected chi connectivity index (χ2v) is 9.32. The van der Waals surface area contributed by atoms with E-state index < -0.39 is 10.0 Å². The van der Waals surface area contributed by atoms with Crippen molar-refractivity contribution in [2.75, 3.05) is 65.6 Å². The van der Waals surface area contributed by atoms with Crippen molar-refractivity contribution in [2.45, 2.75) is 4.90 Å². The van der Waals surface area contributed by atoms with Gasteiger partial charge < -0.3 is 15.0 Å². The Kier molecular flexibility index (Phi) is 7.41. The summed E-state index contributed by atoms with van der Waals surface area (Å²) in [7, 11) is -3.81. The lowest BCUT2D eigenvalue weighted by Crippen LogP contribution is -2.53. The van der Waals surface area contributed by atoms with Gasteiger partial charge in [0, 0.05) is 52.4 Å². The maximum Gasteiger partial charge on any atom is 0.317 e. The first kappa shape index (κ1) is 21.6. The summed E-state index contributed by atoms with van der Waals surface area (Å²) >= 11 is 12.1. The summed E-state index contributed by atoms with van der Waals surface area (Å²) in [5.41, 5.74) is 0. The number of amides is 2. The average molecular weight is 451 g/mol. The molecule has 2 aliphatic heterocycles. The number of piperazine rings is 1. The van der Waals surface area contributed by atoms with Gasteiger partial charge in [0.05, 0.1) is 23.3 Å². The van der Waals surface area contributed by atoms with Gasteiger partial charge in [0.15, 0.2) is 0 Å². The maximum atomic E-state index is 12.9. The van der Waals surface area contributed by atoms with Gasteiger partial charge >= 0.3 is 6.03 Å². The molecule has 2 amide bonds. The number of urea groups is 1. The molecule has 3 rings (SSSR count). The Bertz CT molecular complexity index is 774. The van der Waals surface area contributed by atoms with E-state index in [0.29, 0.717) is 19.6 Å². The number of sulfonamides is 1. The van der Waals surface area contributed by atoms with Crippen LogP contribution in [0.1, 0.15) is 0 Å². The summed E-state index contributed by atoms with van der Waals surface area (Å²) in [6.45, 7) is 5.52. The number of carbonyl (C=O) groups is 1. The molecule has 0 saturated carbocycles. The molecule has 2 heterocycles. The molecule has 8 nitrogen and oxygen atoms in total. The standard InChI is InChI=1S/C17H24Cl2N4O4S/c18-14-2-1-3-15(19)16(14)28(25,26)23-8-6-22(7-9-23)17(24)20-4-5-21-10-12-27-13-11-21/h1-3H,4-13H2,(H,20,24). The summed E-state index contributed by atoms with van der Waals surface area (Å²) in [5.74, 6) is 0. The van der Waals surface area contributed by atoms with Gasteiger partial charge in [0.2, 0.25) is 10.0 Å². The molecule has 1 aromatic carbocycles. The van der Waals surface area contributed by atoms with Crippen molar-refractivity contribution in [3.8, 4) is 0 Å². The van der Waals surface area contributed by atoms with Crippen molar-refractivity contribution < 1.29 is 17.9 Å². The Morgan fingerprint density at radius 1 is 1.04 bits per heavy atom. The molecule has 0 unspecified atom stereocenters. The predicted octanol–water partition coefficient (Wildman–Crippen LogP) is 1.34. The Labute approximate surface area is 175 Å². The lowest BCUT2D eigenvalue weighted by Gasteiger charge is -2.34. The van der Waals surface area contributed by atoms with Crippen molar-refractivity contribution in [3.05, 3.63) is 28.2 Å². The van der Waals surface area contributed by atoms with E-state index in [2.05, 4.69) is 10.2 Å². The number of carbonyl (C=O) groups excluding carboxylic acids is 1. The summed E-state index contributed by atoms with van der Waals surface area (Å²) < 4.78 is 32.4. The molecule has 2 fully saturated rings. The van der Waals surface area contributed by atoms with E-state index in [0.717, 1.165) is 32.8 Å². The van der Waals surface area contributed by atoms with Gasteiger partial charge in [-0.15, -0.1) is 0 Å². The summed E-state index contributed by atoms with van der Waals surface area (Å²) in [6, 6.07) is 4.42. The molecule has 0 aliphatic carbocycles. The van der Waals surface area contributed by atoms with Gasteiger partial charge in [0.1, 0.15) is 4.90 Å². The van der Waals surface area contributed by atoms with Crippen LogP contribution in [0.15, 0.2) is 23.1 Å². The SMILES string of the molecule is O=C(NCCN1CCOCC1)N1CCN(S(=O)(=O)c2c(Cl)cccc2Cl)CC1. The normalized spacial score (nSPS) is 19.6. The number of benzene rings is 1. The summed E-state index contributed by atoms with van der Waals surface area (Å²) in [4.78, 5) is 16.1. The number of rotatable bonds is 5. The second kappa shape index (κ2) is 9.60. The number of nitrogens with one attached hydrogen (secondary N) is 1. The lowest BCUT2D eigenvalue weighted by molar-refractivity contribution is 0.0385. The molecule has 156 valence electrons. The topological polar surface area (TPSA) is 82.2 Å². The smallest absolute Gasteiger partial charge is 0.317 e. The van der Waals surface area contributed by atoms with E-state index in [9.17, 15) is 13.2 Å². The third kappa shape index (κ3) is 5.08. The Hall–Kier alpha value is -1.10. The van der Waals surface area contributed by atoms with E-state index in [4.69, 9.17) is 27.9 Å². The molecular formula is C17H24Cl2N4O4S. The zero-order valence-electron chi connectivity index (χ0n) is 15.4. The minimum absolute atomic E-state index is 0.0817. The van der Waals surface area contributed by atoms with Crippen LogP contribution in [-0.2, 0) is 14.8 Å². The van der Waals surface area contributed by atoms with E-state index in [1.54, 1.807) is 11.0 Å². The van der Waals surface area contributed by atoms with Crippen molar-refractivity contribution in [1.29, 1.82) is 0 Å². The van der Waals surface area contributed by atoms with Crippen LogP contribution < -0.4 is 5.32 Å². The summed E-state index contributed by atoms with van der Waals surface area (Å²) in [5, 5.41) is 3.08. The molecule has 11 heteroatoms. The Morgan fingerprint density at radius 2 is 1.64 bits per heavy atom. The molecule has 2 aliphatic rings. The van der Waals surface area contributed by atoms with Gasteiger partial charge in [-0.25, -0.2) is 13.2 Å². The van der Waals surface area contributed by atoms with Crippen LogP contribution in [0.4, 0.5) is 4.79 Å². The quantitative estimate of drug-likeness (QED) is 0.731. The van der Waals surface area contributed by atoms with Crippen LogP contribution in [0, 0.1) is 0 Å². The lowest BCUT2D eigenvalue weighted by atomic mass is 10.4. The van der Waals surface area contributed by atoms with Crippen molar-refractivity contribution in [2.24, 2.45) is 0 Å². The first-order valence-corrected chi connectivity index (χ1v) is 11.4. The molecule has 1 aromatic rings. The fourth-order valence-electron chi connectivity index (χ4n) is 3.25. The number of ether oxygens (including phenoxy) is 1. The number of nitrogens with zero attached hydrogens (tertiary/aromatic N) is 3. The number of halogens is 2. The molecule has 1 N–H and O–H groups in total. The Morgan fingerprint density at radius 3 is 2.25 bits per heavy atom. The van der Waals surface area contributed by atoms with Crippen LogP contribution >= 0.6 is 23.2 Å². The zero-order chi connectivity index (χ0) is 20.1. The average Bonchev–Trinajstić information content (AvgIpc) is 2.68. The second-order valence-electron chi connectivity index (χ2n) is 6.63.